The first-order chi connectivity index (χ1) is 9.55. The maximum absolute atomic E-state index is 11.1. The van der Waals surface area contributed by atoms with Gasteiger partial charge in [0.15, 0.2) is 0 Å². The van der Waals surface area contributed by atoms with E-state index in [9.17, 15) is 15.2 Å². The Hall–Kier alpha value is -1.93. The van der Waals surface area contributed by atoms with Crippen LogP contribution in [-0.2, 0) is 4.74 Å². The van der Waals surface area contributed by atoms with Crippen molar-refractivity contribution in [2.45, 2.75) is 19.1 Å². The number of morpholine rings is 1. The lowest BCUT2D eigenvalue weighted by Gasteiger charge is -2.36. The summed E-state index contributed by atoms with van der Waals surface area (Å²) >= 11 is 0. The van der Waals surface area contributed by atoms with Crippen LogP contribution in [0, 0.1) is 10.1 Å². The standard InChI is InChI=1S/C12H18N4O4/c1-8-5-15(6-9(7-17)20-8)12-10(16(18)19)3-4-11(13-2)14-12/h3-4,8-9,17H,5-7H2,1-2H3,(H,13,14). The second-order valence-electron chi connectivity index (χ2n) is 4.70. The minimum atomic E-state index is -0.449. The minimum absolute atomic E-state index is 0.0465. The molecule has 0 radical (unpaired) electrons. The number of nitrogens with one attached hydrogen (secondary N) is 1. The Morgan fingerprint density at radius 1 is 1.60 bits per heavy atom. The maximum atomic E-state index is 11.1. The van der Waals surface area contributed by atoms with Gasteiger partial charge >= 0.3 is 5.69 Å². The zero-order chi connectivity index (χ0) is 14.7. The van der Waals surface area contributed by atoms with Crippen molar-refractivity contribution in [2.75, 3.05) is 37.0 Å². The van der Waals surface area contributed by atoms with Gasteiger partial charge in [0.05, 0.1) is 23.7 Å². The molecule has 2 unspecified atom stereocenters. The number of aromatic nitrogens is 1. The largest absolute Gasteiger partial charge is 0.394 e. The fourth-order valence-electron chi connectivity index (χ4n) is 2.27. The topological polar surface area (TPSA) is 101 Å². The molecule has 8 heteroatoms. The second kappa shape index (κ2) is 6.02. The highest BCUT2D eigenvalue weighted by Gasteiger charge is 2.30. The maximum Gasteiger partial charge on any atom is 0.311 e. The molecule has 0 aliphatic carbocycles. The van der Waals surface area contributed by atoms with Crippen LogP contribution in [0.25, 0.3) is 0 Å². The second-order valence-corrected chi connectivity index (χ2v) is 4.70. The third-order valence-corrected chi connectivity index (χ3v) is 3.14. The van der Waals surface area contributed by atoms with E-state index in [1.165, 1.54) is 6.07 Å². The predicted octanol–water partition coefficient (Wildman–Crippen LogP) is 0.617. The van der Waals surface area contributed by atoms with Crippen LogP contribution < -0.4 is 10.2 Å². The molecular formula is C12H18N4O4. The lowest BCUT2D eigenvalue weighted by molar-refractivity contribution is -0.384. The van der Waals surface area contributed by atoms with Crippen LogP contribution in [-0.4, -0.2) is 54.0 Å². The molecule has 2 N–H and O–H groups in total. The van der Waals surface area contributed by atoms with Crippen LogP contribution >= 0.6 is 0 Å². The van der Waals surface area contributed by atoms with E-state index >= 15 is 0 Å². The zero-order valence-corrected chi connectivity index (χ0v) is 11.4. The van der Waals surface area contributed by atoms with E-state index in [1.54, 1.807) is 18.0 Å². The fourth-order valence-corrected chi connectivity index (χ4v) is 2.27. The van der Waals surface area contributed by atoms with E-state index in [0.29, 0.717) is 24.7 Å². The number of aliphatic hydroxyl groups excluding tert-OH is 1. The lowest BCUT2D eigenvalue weighted by atomic mass is 10.2. The molecule has 0 amide bonds. The van der Waals surface area contributed by atoms with E-state index in [4.69, 9.17) is 4.74 Å². The van der Waals surface area contributed by atoms with Gasteiger partial charge in [0.1, 0.15) is 5.82 Å². The highest BCUT2D eigenvalue weighted by molar-refractivity contribution is 5.62. The normalized spacial score (nSPS) is 22.6. The first kappa shape index (κ1) is 14.5. The molecule has 1 aromatic heterocycles. The molecule has 2 rings (SSSR count). The molecule has 2 heterocycles. The van der Waals surface area contributed by atoms with Crippen molar-refractivity contribution in [3.8, 4) is 0 Å². The van der Waals surface area contributed by atoms with Crippen molar-refractivity contribution in [2.24, 2.45) is 0 Å². The zero-order valence-electron chi connectivity index (χ0n) is 11.4. The van der Waals surface area contributed by atoms with Gasteiger partial charge in [0.25, 0.3) is 0 Å². The third-order valence-electron chi connectivity index (χ3n) is 3.14. The molecule has 0 bridgehead atoms. The monoisotopic (exact) mass is 282 g/mol. The SMILES string of the molecule is CNc1ccc([N+](=O)[O-])c(N2CC(C)OC(CO)C2)n1. The van der Waals surface area contributed by atoms with Gasteiger partial charge in [0, 0.05) is 26.2 Å². The summed E-state index contributed by atoms with van der Waals surface area (Å²) in [4.78, 5) is 16.7. The Kier molecular flexibility index (Phi) is 4.35. The summed E-state index contributed by atoms with van der Waals surface area (Å²) in [5.74, 6) is 0.862. The molecule has 1 fully saturated rings. The van der Waals surface area contributed by atoms with Crippen molar-refractivity contribution in [3.63, 3.8) is 0 Å². The van der Waals surface area contributed by atoms with Gasteiger partial charge < -0.3 is 20.1 Å². The van der Waals surface area contributed by atoms with E-state index in [2.05, 4.69) is 10.3 Å². The Morgan fingerprint density at radius 3 is 2.95 bits per heavy atom. The quantitative estimate of drug-likeness (QED) is 0.616. The summed E-state index contributed by atoms with van der Waals surface area (Å²) in [6.45, 7) is 2.61. The molecule has 1 aliphatic rings. The summed E-state index contributed by atoms with van der Waals surface area (Å²) in [6, 6.07) is 3.00. The molecule has 110 valence electrons. The molecule has 0 saturated carbocycles. The van der Waals surface area contributed by atoms with Gasteiger partial charge in [-0.05, 0) is 13.0 Å². The van der Waals surface area contributed by atoms with E-state index in [0.717, 1.165) is 0 Å². The van der Waals surface area contributed by atoms with Crippen LogP contribution in [0.3, 0.4) is 0 Å². The number of hydrogen-bond donors (Lipinski definition) is 2. The first-order valence-electron chi connectivity index (χ1n) is 6.39. The van der Waals surface area contributed by atoms with E-state index < -0.39 is 4.92 Å². The van der Waals surface area contributed by atoms with Crippen LogP contribution in [0.1, 0.15) is 6.92 Å². The molecule has 20 heavy (non-hydrogen) atoms. The summed E-state index contributed by atoms with van der Waals surface area (Å²) in [5, 5.41) is 23.2. The summed E-state index contributed by atoms with van der Waals surface area (Å²) < 4.78 is 5.54. The van der Waals surface area contributed by atoms with Crippen LogP contribution in [0.5, 0.6) is 0 Å². The van der Waals surface area contributed by atoms with Crippen molar-refractivity contribution >= 4 is 17.3 Å². The molecule has 1 saturated heterocycles. The highest BCUT2D eigenvalue weighted by atomic mass is 16.6. The van der Waals surface area contributed by atoms with Gasteiger partial charge in [-0.3, -0.25) is 10.1 Å². The molecule has 0 spiro atoms. The Balaban J connectivity index is 2.36. The average molecular weight is 282 g/mol. The molecule has 1 aromatic rings. The molecule has 8 nitrogen and oxygen atoms in total. The van der Waals surface area contributed by atoms with Crippen molar-refractivity contribution in [1.29, 1.82) is 0 Å². The van der Waals surface area contributed by atoms with Crippen LogP contribution in [0.2, 0.25) is 0 Å². The number of rotatable bonds is 4. The molecular weight excluding hydrogens is 264 g/mol. The Bertz CT molecular complexity index is 496. The molecule has 2 atom stereocenters. The number of anilines is 2. The highest BCUT2D eigenvalue weighted by Crippen LogP contribution is 2.29. The van der Waals surface area contributed by atoms with Gasteiger partial charge in [-0.15, -0.1) is 0 Å². The summed E-state index contributed by atoms with van der Waals surface area (Å²) in [7, 11) is 1.70. The van der Waals surface area contributed by atoms with Crippen molar-refractivity contribution in [1.82, 2.24) is 4.98 Å². The number of ether oxygens (including phenoxy) is 1. The fraction of sp³-hybridized carbons (Fsp3) is 0.583. The van der Waals surface area contributed by atoms with Gasteiger partial charge in [-0.2, -0.15) is 0 Å². The van der Waals surface area contributed by atoms with Crippen LogP contribution in [0.15, 0.2) is 12.1 Å². The summed E-state index contributed by atoms with van der Waals surface area (Å²) in [5.41, 5.74) is -0.0465. The van der Waals surface area contributed by atoms with Crippen LogP contribution in [0.4, 0.5) is 17.3 Å². The van der Waals surface area contributed by atoms with Crippen molar-refractivity contribution in [3.05, 3.63) is 22.2 Å². The molecule has 1 aliphatic heterocycles. The van der Waals surface area contributed by atoms with E-state index in [1.807, 2.05) is 6.92 Å². The number of aliphatic hydroxyl groups is 1. The Morgan fingerprint density at radius 2 is 2.35 bits per heavy atom. The lowest BCUT2D eigenvalue weighted by Crippen LogP contribution is -2.48. The van der Waals surface area contributed by atoms with E-state index in [-0.39, 0.29) is 24.5 Å². The first-order valence-corrected chi connectivity index (χ1v) is 6.39. The van der Waals surface area contributed by atoms with Gasteiger partial charge in [-0.1, -0.05) is 0 Å². The number of nitrogens with zero attached hydrogens (tertiary/aromatic N) is 3. The van der Waals surface area contributed by atoms with Crippen molar-refractivity contribution < 1.29 is 14.8 Å². The predicted molar refractivity (Wildman–Crippen MR) is 74.1 cm³/mol. The number of nitro groups is 1. The number of pyridine rings is 1. The minimum Gasteiger partial charge on any atom is -0.394 e. The third kappa shape index (κ3) is 2.97. The smallest absolute Gasteiger partial charge is 0.311 e. The van der Waals surface area contributed by atoms with Gasteiger partial charge in [0.2, 0.25) is 5.82 Å². The molecule has 0 aromatic carbocycles. The Labute approximate surface area is 116 Å². The summed E-state index contributed by atoms with van der Waals surface area (Å²) in [6.07, 6.45) is -0.487. The van der Waals surface area contributed by atoms with Gasteiger partial charge in [-0.25, -0.2) is 4.98 Å². The number of hydrogen-bond acceptors (Lipinski definition) is 7. The average Bonchev–Trinajstić information content (AvgIpc) is 2.45.